The Hall–Kier alpha value is -3.14. The second-order valence-corrected chi connectivity index (χ2v) is 6.93. The third-order valence-corrected chi connectivity index (χ3v) is 5.40. The van der Waals surface area contributed by atoms with Gasteiger partial charge in [0.25, 0.3) is 5.91 Å². The van der Waals surface area contributed by atoms with Crippen molar-refractivity contribution in [2.75, 3.05) is 7.11 Å². The zero-order valence-corrected chi connectivity index (χ0v) is 15.4. The van der Waals surface area contributed by atoms with E-state index in [-0.39, 0.29) is 23.8 Å². The summed E-state index contributed by atoms with van der Waals surface area (Å²) in [5.74, 6) is 1.17. The van der Waals surface area contributed by atoms with Gasteiger partial charge in [0.05, 0.1) is 13.2 Å². The van der Waals surface area contributed by atoms with Crippen molar-refractivity contribution >= 4 is 5.91 Å². The summed E-state index contributed by atoms with van der Waals surface area (Å²) in [6, 6.07) is 20.0. The summed E-state index contributed by atoms with van der Waals surface area (Å²) >= 11 is 0. The highest BCUT2D eigenvalue weighted by Crippen LogP contribution is 2.49. The molecule has 1 aliphatic carbocycles. The lowest BCUT2D eigenvalue weighted by atomic mass is 9.86. The summed E-state index contributed by atoms with van der Waals surface area (Å²) < 4.78 is 5.43. The maximum absolute atomic E-state index is 12.8. The normalized spacial score (nSPS) is 20.7. The maximum Gasteiger partial charge on any atom is 0.251 e. The van der Waals surface area contributed by atoms with E-state index >= 15 is 0 Å². The minimum absolute atomic E-state index is 0.0824. The molecule has 4 nitrogen and oxygen atoms in total. The number of rotatable bonds is 4. The molecule has 0 saturated carbocycles. The summed E-state index contributed by atoms with van der Waals surface area (Å²) in [6.45, 7) is 2.20. The number of nitrogens with one attached hydrogen (secondary N) is 1. The van der Waals surface area contributed by atoms with E-state index in [9.17, 15) is 4.79 Å². The summed E-state index contributed by atoms with van der Waals surface area (Å²) in [5.41, 5.74) is 4.24. The van der Waals surface area contributed by atoms with Crippen LogP contribution in [0, 0.1) is 5.92 Å². The van der Waals surface area contributed by atoms with Crippen LogP contribution in [0.2, 0.25) is 0 Å². The molecule has 3 aromatic rings. The lowest BCUT2D eigenvalue weighted by Crippen LogP contribution is -2.31. The zero-order chi connectivity index (χ0) is 18.8. The molecule has 1 aromatic heterocycles. The van der Waals surface area contributed by atoms with Crippen molar-refractivity contribution in [1.82, 2.24) is 10.3 Å². The molecule has 0 spiro atoms. The van der Waals surface area contributed by atoms with Gasteiger partial charge in [0.2, 0.25) is 0 Å². The maximum atomic E-state index is 12.8. The quantitative estimate of drug-likeness (QED) is 0.755. The Bertz CT molecular complexity index is 941. The van der Waals surface area contributed by atoms with Crippen molar-refractivity contribution in [3.05, 3.63) is 95.3 Å². The molecule has 1 amide bonds. The zero-order valence-electron chi connectivity index (χ0n) is 15.4. The van der Waals surface area contributed by atoms with Crippen LogP contribution in [-0.2, 0) is 0 Å². The number of benzene rings is 2. The first-order valence-corrected chi connectivity index (χ1v) is 9.12. The Balaban J connectivity index is 1.73. The number of methoxy groups -OCH3 is 1. The van der Waals surface area contributed by atoms with Gasteiger partial charge in [0.15, 0.2) is 0 Å². The van der Waals surface area contributed by atoms with E-state index < -0.39 is 0 Å². The smallest absolute Gasteiger partial charge is 0.251 e. The number of carbonyl (C=O) groups is 1. The van der Waals surface area contributed by atoms with Crippen LogP contribution in [0.5, 0.6) is 5.75 Å². The number of pyridine rings is 1. The van der Waals surface area contributed by atoms with Gasteiger partial charge in [0.1, 0.15) is 5.75 Å². The molecule has 0 radical (unpaired) electrons. The standard InChI is InChI=1S/C23H22N2O2/c1-15-21(16-6-4-3-5-7-16)19-9-8-18(27-2)14-20(19)22(15)25-23(26)17-10-12-24-13-11-17/h3-15,21-22H,1-2H3,(H,25,26)/t15-,21+,22+/m1/s1. The molecule has 0 saturated heterocycles. The van der Waals surface area contributed by atoms with Gasteiger partial charge >= 0.3 is 0 Å². The van der Waals surface area contributed by atoms with Crippen LogP contribution < -0.4 is 10.1 Å². The average Bonchev–Trinajstić information content (AvgIpc) is 3.00. The van der Waals surface area contributed by atoms with Gasteiger partial charge in [0, 0.05) is 23.9 Å². The molecule has 0 bridgehead atoms. The Morgan fingerprint density at radius 3 is 2.44 bits per heavy atom. The fourth-order valence-electron chi connectivity index (χ4n) is 4.07. The number of ether oxygens (including phenoxy) is 1. The van der Waals surface area contributed by atoms with Crippen LogP contribution in [0.4, 0.5) is 0 Å². The summed E-state index contributed by atoms with van der Waals surface area (Å²) in [4.78, 5) is 16.8. The monoisotopic (exact) mass is 358 g/mol. The lowest BCUT2D eigenvalue weighted by molar-refractivity contribution is 0.0925. The number of aromatic nitrogens is 1. The van der Waals surface area contributed by atoms with E-state index in [4.69, 9.17) is 4.74 Å². The molecule has 1 heterocycles. The third kappa shape index (κ3) is 3.19. The van der Waals surface area contributed by atoms with Crippen molar-refractivity contribution in [1.29, 1.82) is 0 Å². The predicted octanol–water partition coefficient (Wildman–Crippen LogP) is 4.34. The second kappa shape index (κ2) is 7.23. The van der Waals surface area contributed by atoms with Crippen LogP contribution in [0.1, 0.15) is 45.9 Å². The fourth-order valence-corrected chi connectivity index (χ4v) is 4.07. The van der Waals surface area contributed by atoms with Crippen molar-refractivity contribution in [2.45, 2.75) is 18.9 Å². The van der Waals surface area contributed by atoms with Gasteiger partial charge in [-0.1, -0.05) is 43.3 Å². The van der Waals surface area contributed by atoms with Crippen molar-refractivity contribution < 1.29 is 9.53 Å². The van der Waals surface area contributed by atoms with Gasteiger partial charge in [-0.25, -0.2) is 0 Å². The van der Waals surface area contributed by atoms with Gasteiger partial charge in [-0.2, -0.15) is 0 Å². The van der Waals surface area contributed by atoms with Crippen LogP contribution in [-0.4, -0.2) is 18.0 Å². The van der Waals surface area contributed by atoms with E-state index in [1.807, 2.05) is 18.2 Å². The van der Waals surface area contributed by atoms with Gasteiger partial charge in [-0.05, 0) is 46.9 Å². The first-order valence-electron chi connectivity index (χ1n) is 9.12. The number of nitrogens with zero attached hydrogens (tertiary/aromatic N) is 1. The fraction of sp³-hybridized carbons (Fsp3) is 0.217. The molecule has 1 aliphatic rings. The molecule has 4 heteroatoms. The molecule has 3 atom stereocenters. The van der Waals surface area contributed by atoms with Crippen LogP contribution in [0.25, 0.3) is 0 Å². The molecule has 4 rings (SSSR count). The highest BCUT2D eigenvalue weighted by molar-refractivity contribution is 5.94. The summed E-state index contributed by atoms with van der Waals surface area (Å²) in [7, 11) is 1.67. The average molecular weight is 358 g/mol. The predicted molar refractivity (Wildman–Crippen MR) is 105 cm³/mol. The Morgan fingerprint density at radius 1 is 1.00 bits per heavy atom. The number of hydrogen-bond donors (Lipinski definition) is 1. The number of carbonyl (C=O) groups excluding carboxylic acids is 1. The molecule has 27 heavy (non-hydrogen) atoms. The molecular weight excluding hydrogens is 336 g/mol. The number of fused-ring (bicyclic) bond motifs is 1. The minimum Gasteiger partial charge on any atom is -0.497 e. The highest BCUT2D eigenvalue weighted by atomic mass is 16.5. The van der Waals surface area contributed by atoms with Crippen molar-refractivity contribution in [3.8, 4) is 5.75 Å². The Labute approximate surface area is 159 Å². The second-order valence-electron chi connectivity index (χ2n) is 6.93. The molecule has 2 aromatic carbocycles. The van der Waals surface area contributed by atoms with E-state index in [2.05, 4.69) is 47.6 Å². The van der Waals surface area contributed by atoms with E-state index in [1.54, 1.807) is 31.6 Å². The van der Waals surface area contributed by atoms with E-state index in [0.29, 0.717) is 5.56 Å². The number of amides is 1. The molecule has 0 fully saturated rings. The first-order chi connectivity index (χ1) is 13.2. The largest absolute Gasteiger partial charge is 0.497 e. The third-order valence-electron chi connectivity index (χ3n) is 5.40. The summed E-state index contributed by atoms with van der Waals surface area (Å²) in [5, 5.41) is 3.23. The van der Waals surface area contributed by atoms with Gasteiger partial charge in [-0.3, -0.25) is 9.78 Å². The molecule has 1 N–H and O–H groups in total. The Morgan fingerprint density at radius 2 is 1.74 bits per heavy atom. The Kier molecular flexibility index (Phi) is 4.63. The van der Waals surface area contributed by atoms with Gasteiger partial charge in [-0.15, -0.1) is 0 Å². The first kappa shape index (κ1) is 17.3. The topological polar surface area (TPSA) is 51.2 Å². The molecule has 0 unspecified atom stereocenters. The van der Waals surface area contributed by atoms with Gasteiger partial charge < -0.3 is 10.1 Å². The highest BCUT2D eigenvalue weighted by Gasteiger charge is 2.39. The molecule has 136 valence electrons. The van der Waals surface area contributed by atoms with Crippen LogP contribution in [0.3, 0.4) is 0 Å². The molecular formula is C23H22N2O2. The van der Waals surface area contributed by atoms with E-state index in [0.717, 1.165) is 11.3 Å². The number of hydrogen-bond acceptors (Lipinski definition) is 3. The van der Waals surface area contributed by atoms with Crippen molar-refractivity contribution in [3.63, 3.8) is 0 Å². The van der Waals surface area contributed by atoms with Crippen LogP contribution >= 0.6 is 0 Å². The minimum atomic E-state index is -0.0864. The van der Waals surface area contributed by atoms with Crippen molar-refractivity contribution in [2.24, 2.45) is 5.92 Å². The molecule has 0 aliphatic heterocycles. The van der Waals surface area contributed by atoms with E-state index in [1.165, 1.54) is 11.1 Å². The lowest BCUT2D eigenvalue weighted by Gasteiger charge is -2.23. The summed E-state index contributed by atoms with van der Waals surface area (Å²) in [6.07, 6.45) is 3.27. The SMILES string of the molecule is COc1ccc2c(c1)[C@@H](NC(=O)c1ccncc1)[C@H](C)[C@H]2c1ccccc1. The van der Waals surface area contributed by atoms with Crippen LogP contribution in [0.15, 0.2) is 73.1 Å².